The van der Waals surface area contributed by atoms with Gasteiger partial charge >= 0.3 is 0 Å². The average Bonchev–Trinajstić information content (AvgIpc) is 2.03. The van der Waals surface area contributed by atoms with Gasteiger partial charge in [-0.25, -0.2) is 0 Å². The SMILES string of the molecule is CC(N)C(C)c1ccc(Br)cc1Cl. The fraction of sp³-hybridized carbons (Fsp3) is 0.400. The van der Waals surface area contributed by atoms with Crippen molar-refractivity contribution in [2.45, 2.75) is 25.8 Å². The number of benzene rings is 1. The molecule has 1 aromatic carbocycles. The minimum Gasteiger partial charge on any atom is -0.327 e. The van der Waals surface area contributed by atoms with Gasteiger partial charge in [-0.05, 0) is 30.5 Å². The van der Waals surface area contributed by atoms with Crippen molar-refractivity contribution in [2.75, 3.05) is 0 Å². The third kappa shape index (κ3) is 2.70. The van der Waals surface area contributed by atoms with Crippen LogP contribution in [0.2, 0.25) is 5.02 Å². The summed E-state index contributed by atoms with van der Waals surface area (Å²) < 4.78 is 0.998. The molecule has 2 unspecified atom stereocenters. The number of hydrogen-bond donors (Lipinski definition) is 1. The van der Waals surface area contributed by atoms with Crippen molar-refractivity contribution in [3.8, 4) is 0 Å². The lowest BCUT2D eigenvalue weighted by atomic mass is 9.95. The van der Waals surface area contributed by atoms with Crippen LogP contribution in [0.4, 0.5) is 0 Å². The molecule has 1 rings (SSSR count). The predicted octanol–water partition coefficient (Wildman–Crippen LogP) is 3.55. The first kappa shape index (κ1) is 11.0. The van der Waals surface area contributed by atoms with Gasteiger partial charge in [0, 0.05) is 15.5 Å². The lowest BCUT2D eigenvalue weighted by Gasteiger charge is -2.17. The topological polar surface area (TPSA) is 26.0 Å². The fourth-order valence-electron chi connectivity index (χ4n) is 1.15. The first-order valence-electron chi connectivity index (χ1n) is 4.23. The molecule has 2 N–H and O–H groups in total. The van der Waals surface area contributed by atoms with Crippen LogP contribution in [-0.4, -0.2) is 6.04 Å². The summed E-state index contributed by atoms with van der Waals surface area (Å²) in [6.07, 6.45) is 0. The monoisotopic (exact) mass is 261 g/mol. The van der Waals surface area contributed by atoms with Gasteiger partial charge in [0.15, 0.2) is 0 Å². The third-order valence-corrected chi connectivity index (χ3v) is 3.06. The number of hydrogen-bond acceptors (Lipinski definition) is 1. The van der Waals surface area contributed by atoms with Crippen LogP contribution in [0.3, 0.4) is 0 Å². The molecule has 2 atom stereocenters. The molecule has 0 saturated carbocycles. The normalized spacial score (nSPS) is 15.5. The molecule has 0 spiro atoms. The van der Waals surface area contributed by atoms with E-state index in [0.29, 0.717) is 5.92 Å². The van der Waals surface area contributed by atoms with Crippen molar-refractivity contribution in [3.05, 3.63) is 33.3 Å². The molecule has 0 aliphatic rings. The molecule has 0 saturated heterocycles. The number of nitrogens with two attached hydrogens (primary N) is 1. The Labute approximate surface area is 92.4 Å². The van der Waals surface area contributed by atoms with E-state index in [9.17, 15) is 0 Å². The van der Waals surface area contributed by atoms with Gasteiger partial charge < -0.3 is 5.73 Å². The first-order chi connectivity index (χ1) is 6.02. The van der Waals surface area contributed by atoms with Gasteiger partial charge in [-0.15, -0.1) is 0 Å². The van der Waals surface area contributed by atoms with Crippen molar-refractivity contribution in [1.29, 1.82) is 0 Å². The van der Waals surface area contributed by atoms with Gasteiger partial charge in [-0.3, -0.25) is 0 Å². The maximum atomic E-state index is 6.08. The molecule has 0 bridgehead atoms. The van der Waals surface area contributed by atoms with E-state index in [4.69, 9.17) is 17.3 Å². The molecule has 13 heavy (non-hydrogen) atoms. The summed E-state index contributed by atoms with van der Waals surface area (Å²) >= 11 is 9.45. The quantitative estimate of drug-likeness (QED) is 0.866. The highest BCUT2D eigenvalue weighted by Crippen LogP contribution is 2.28. The summed E-state index contributed by atoms with van der Waals surface area (Å²) in [5, 5.41) is 0.777. The molecule has 0 aliphatic heterocycles. The van der Waals surface area contributed by atoms with Gasteiger partial charge in [0.1, 0.15) is 0 Å². The van der Waals surface area contributed by atoms with Gasteiger partial charge in [0.2, 0.25) is 0 Å². The van der Waals surface area contributed by atoms with Gasteiger partial charge in [0.25, 0.3) is 0 Å². The Bertz CT molecular complexity index is 299. The Hall–Kier alpha value is -0.0500. The number of halogens is 2. The lowest BCUT2D eigenvalue weighted by Crippen LogP contribution is -2.22. The second-order valence-electron chi connectivity index (χ2n) is 3.31. The van der Waals surface area contributed by atoms with E-state index >= 15 is 0 Å². The largest absolute Gasteiger partial charge is 0.327 e. The van der Waals surface area contributed by atoms with E-state index < -0.39 is 0 Å². The van der Waals surface area contributed by atoms with Crippen molar-refractivity contribution in [1.82, 2.24) is 0 Å². The minimum absolute atomic E-state index is 0.124. The van der Waals surface area contributed by atoms with Crippen LogP contribution < -0.4 is 5.73 Å². The molecule has 1 nitrogen and oxygen atoms in total. The predicted molar refractivity (Wildman–Crippen MR) is 61.2 cm³/mol. The Morgan fingerprint density at radius 1 is 1.38 bits per heavy atom. The lowest BCUT2D eigenvalue weighted by molar-refractivity contribution is 0.613. The standard InChI is InChI=1S/C10H13BrClN/c1-6(7(2)13)9-4-3-8(11)5-10(9)12/h3-7H,13H2,1-2H3. The first-order valence-corrected chi connectivity index (χ1v) is 5.40. The van der Waals surface area contributed by atoms with Crippen LogP contribution in [-0.2, 0) is 0 Å². The molecule has 0 radical (unpaired) electrons. The van der Waals surface area contributed by atoms with Crippen molar-refractivity contribution in [3.63, 3.8) is 0 Å². The second kappa shape index (κ2) is 4.45. The molecule has 72 valence electrons. The van der Waals surface area contributed by atoms with E-state index in [0.717, 1.165) is 15.1 Å². The Morgan fingerprint density at radius 2 is 2.00 bits per heavy atom. The van der Waals surface area contributed by atoms with Crippen LogP contribution in [0, 0.1) is 0 Å². The molecule has 0 amide bonds. The molecule has 0 aromatic heterocycles. The molecule has 1 aromatic rings. The third-order valence-electron chi connectivity index (χ3n) is 2.24. The van der Waals surface area contributed by atoms with Gasteiger partial charge in [-0.2, -0.15) is 0 Å². The van der Waals surface area contributed by atoms with Gasteiger partial charge in [0.05, 0.1) is 0 Å². The summed E-state index contributed by atoms with van der Waals surface area (Å²) in [6, 6.07) is 6.02. The second-order valence-corrected chi connectivity index (χ2v) is 4.64. The Kier molecular flexibility index (Phi) is 3.77. The average molecular weight is 263 g/mol. The highest BCUT2D eigenvalue weighted by atomic mass is 79.9. The molecule has 0 fully saturated rings. The van der Waals surface area contributed by atoms with Crippen LogP contribution in [0.25, 0.3) is 0 Å². The summed E-state index contributed by atoms with van der Waals surface area (Å²) in [5.74, 6) is 0.292. The smallest absolute Gasteiger partial charge is 0.0452 e. The summed E-state index contributed by atoms with van der Waals surface area (Å²) in [5.41, 5.74) is 6.92. The maximum absolute atomic E-state index is 6.08. The van der Waals surface area contributed by atoms with E-state index in [1.165, 1.54) is 0 Å². The van der Waals surface area contributed by atoms with Crippen molar-refractivity contribution < 1.29 is 0 Å². The zero-order chi connectivity index (χ0) is 10.0. The zero-order valence-electron chi connectivity index (χ0n) is 7.72. The summed E-state index contributed by atoms with van der Waals surface area (Å²) in [6.45, 7) is 4.07. The molecular formula is C10H13BrClN. The van der Waals surface area contributed by atoms with Crippen LogP contribution in [0.5, 0.6) is 0 Å². The van der Waals surface area contributed by atoms with Crippen LogP contribution in [0.15, 0.2) is 22.7 Å². The van der Waals surface area contributed by atoms with Crippen LogP contribution >= 0.6 is 27.5 Å². The summed E-state index contributed by atoms with van der Waals surface area (Å²) in [4.78, 5) is 0. The maximum Gasteiger partial charge on any atom is 0.0452 e. The van der Waals surface area contributed by atoms with E-state index in [2.05, 4.69) is 22.9 Å². The zero-order valence-corrected chi connectivity index (χ0v) is 10.1. The van der Waals surface area contributed by atoms with Crippen LogP contribution in [0.1, 0.15) is 25.3 Å². The molecule has 0 aliphatic carbocycles. The highest BCUT2D eigenvalue weighted by Gasteiger charge is 2.13. The van der Waals surface area contributed by atoms with E-state index in [1.54, 1.807) is 0 Å². The molecule has 3 heteroatoms. The van der Waals surface area contributed by atoms with Crippen molar-refractivity contribution in [2.24, 2.45) is 5.73 Å². The Morgan fingerprint density at radius 3 is 2.46 bits per heavy atom. The van der Waals surface area contributed by atoms with Gasteiger partial charge in [-0.1, -0.05) is 40.5 Å². The number of rotatable bonds is 2. The highest BCUT2D eigenvalue weighted by molar-refractivity contribution is 9.10. The molecule has 0 heterocycles. The van der Waals surface area contributed by atoms with Crippen molar-refractivity contribution >= 4 is 27.5 Å². The summed E-state index contributed by atoms with van der Waals surface area (Å²) in [7, 11) is 0. The van der Waals surface area contributed by atoms with E-state index in [-0.39, 0.29) is 6.04 Å². The fourth-order valence-corrected chi connectivity index (χ4v) is 2.00. The Balaban J connectivity index is 3.01. The van der Waals surface area contributed by atoms with E-state index in [1.807, 2.05) is 25.1 Å². The molecular weight excluding hydrogens is 249 g/mol. The minimum atomic E-state index is 0.124.